The summed E-state index contributed by atoms with van der Waals surface area (Å²) in [4.78, 5) is 18.2. The van der Waals surface area contributed by atoms with Crippen LogP contribution in [0.3, 0.4) is 0 Å². The van der Waals surface area contributed by atoms with Crippen molar-refractivity contribution in [2.24, 2.45) is 0 Å². The summed E-state index contributed by atoms with van der Waals surface area (Å²) in [6, 6.07) is 18.6. The number of hydrogen-bond acceptors (Lipinski definition) is 5. The number of benzene rings is 2. The molecule has 28 heavy (non-hydrogen) atoms. The topological polar surface area (TPSA) is 57.3 Å². The van der Waals surface area contributed by atoms with Gasteiger partial charge in [0.2, 0.25) is 0 Å². The number of anilines is 1. The van der Waals surface area contributed by atoms with Crippen molar-refractivity contribution in [3.05, 3.63) is 76.7 Å². The molecule has 0 aliphatic heterocycles. The summed E-state index contributed by atoms with van der Waals surface area (Å²) in [6.07, 6.45) is 1.76. The molecule has 0 aliphatic rings. The molecule has 0 atom stereocenters. The fourth-order valence-electron chi connectivity index (χ4n) is 2.49. The molecule has 1 heterocycles. The van der Waals surface area contributed by atoms with Crippen molar-refractivity contribution in [2.75, 3.05) is 5.32 Å². The van der Waals surface area contributed by atoms with Crippen LogP contribution in [-0.2, 0) is 13.1 Å². The first-order valence-electron chi connectivity index (χ1n) is 9.11. The second-order valence-corrected chi connectivity index (χ2v) is 8.64. The van der Waals surface area contributed by atoms with Crippen LogP contribution in [0.2, 0.25) is 0 Å². The lowest BCUT2D eigenvalue weighted by molar-refractivity contribution is 0.252. The molecule has 1 aromatic heterocycles. The summed E-state index contributed by atoms with van der Waals surface area (Å²) in [5, 5.41) is 5.69. The summed E-state index contributed by atoms with van der Waals surface area (Å²) >= 11 is 3.25. The second kappa shape index (κ2) is 10.3. The van der Waals surface area contributed by atoms with Gasteiger partial charge in [-0.1, -0.05) is 30.3 Å². The number of carbonyl (C=O) groups is 1. The maximum absolute atomic E-state index is 12.0. The average molecular weight is 413 g/mol. The first kappa shape index (κ1) is 20.4. The van der Waals surface area contributed by atoms with Crippen LogP contribution in [0.1, 0.15) is 24.3 Å². The van der Waals surface area contributed by atoms with E-state index in [1.54, 1.807) is 23.7 Å². The first-order valence-corrected chi connectivity index (χ1v) is 10.8. The van der Waals surface area contributed by atoms with Gasteiger partial charge in [-0.25, -0.2) is 9.10 Å². The number of carbonyl (C=O) groups excluding carboxylic acids is 1. The van der Waals surface area contributed by atoms with Gasteiger partial charge in [-0.05, 0) is 55.6 Å². The van der Waals surface area contributed by atoms with E-state index >= 15 is 0 Å². The van der Waals surface area contributed by atoms with E-state index in [2.05, 4.69) is 58.0 Å². The Morgan fingerprint density at radius 3 is 2.54 bits per heavy atom. The van der Waals surface area contributed by atoms with Gasteiger partial charge in [-0.2, -0.15) is 0 Å². The van der Waals surface area contributed by atoms with Crippen LogP contribution in [0, 0.1) is 0 Å². The summed E-state index contributed by atoms with van der Waals surface area (Å²) < 4.78 is 2.35. The Kier molecular flexibility index (Phi) is 7.47. The highest BCUT2D eigenvalue weighted by Gasteiger charge is 2.12. The summed E-state index contributed by atoms with van der Waals surface area (Å²) in [5.41, 5.74) is 3.81. The number of hydrogen-bond donors (Lipinski definition) is 2. The molecule has 0 saturated carbocycles. The van der Waals surface area contributed by atoms with Crippen molar-refractivity contribution >= 4 is 35.0 Å². The zero-order chi connectivity index (χ0) is 19.8. The highest BCUT2D eigenvalue weighted by molar-refractivity contribution is 7.97. The minimum atomic E-state index is -0.221. The fourth-order valence-corrected chi connectivity index (χ4v) is 3.98. The van der Waals surface area contributed by atoms with Crippen molar-refractivity contribution < 1.29 is 4.79 Å². The highest BCUT2D eigenvalue weighted by Crippen LogP contribution is 2.28. The van der Waals surface area contributed by atoms with E-state index in [0.29, 0.717) is 12.6 Å². The van der Waals surface area contributed by atoms with Gasteiger partial charge < -0.3 is 10.6 Å². The van der Waals surface area contributed by atoms with Gasteiger partial charge in [0.25, 0.3) is 0 Å². The average Bonchev–Trinajstić information content (AvgIpc) is 3.22. The number of aromatic nitrogens is 1. The third-order valence-corrected chi connectivity index (χ3v) is 6.05. The predicted molar refractivity (Wildman–Crippen MR) is 117 cm³/mol. The minimum Gasteiger partial charge on any atom is -0.333 e. The maximum Gasteiger partial charge on any atom is 0.319 e. The monoisotopic (exact) mass is 412 g/mol. The predicted octanol–water partition coefficient (Wildman–Crippen LogP) is 5.38. The number of rotatable bonds is 8. The van der Waals surface area contributed by atoms with E-state index < -0.39 is 0 Å². The zero-order valence-corrected chi connectivity index (χ0v) is 17.6. The molecule has 3 rings (SSSR count). The molecule has 2 aromatic carbocycles. The molecule has 0 aliphatic carbocycles. The van der Waals surface area contributed by atoms with Crippen LogP contribution in [-0.4, -0.2) is 21.4 Å². The third-order valence-electron chi connectivity index (χ3n) is 4.00. The van der Waals surface area contributed by atoms with E-state index in [1.165, 1.54) is 16.9 Å². The quantitative estimate of drug-likeness (QED) is 0.488. The molecule has 5 nitrogen and oxygen atoms in total. The molecule has 0 bridgehead atoms. The lowest BCUT2D eigenvalue weighted by atomic mass is 10.2. The van der Waals surface area contributed by atoms with Gasteiger partial charge in [-0.15, -0.1) is 11.3 Å². The van der Waals surface area contributed by atoms with Crippen LogP contribution < -0.4 is 10.6 Å². The Balaban J connectivity index is 1.53. The number of amides is 2. The van der Waals surface area contributed by atoms with Crippen LogP contribution in [0.4, 0.5) is 10.5 Å². The smallest absolute Gasteiger partial charge is 0.319 e. The molecule has 0 saturated heterocycles. The zero-order valence-electron chi connectivity index (χ0n) is 16.0. The molecule has 146 valence electrons. The Hall–Kier alpha value is -2.35. The summed E-state index contributed by atoms with van der Waals surface area (Å²) in [7, 11) is 0. The lowest BCUT2D eigenvalue weighted by Gasteiger charge is -2.25. The Labute approximate surface area is 174 Å². The Morgan fingerprint density at radius 2 is 1.89 bits per heavy atom. The van der Waals surface area contributed by atoms with Crippen LogP contribution >= 0.6 is 23.3 Å². The van der Waals surface area contributed by atoms with E-state index in [0.717, 1.165) is 22.0 Å². The van der Waals surface area contributed by atoms with Gasteiger partial charge >= 0.3 is 6.03 Å². The van der Waals surface area contributed by atoms with Gasteiger partial charge in [0.15, 0.2) is 0 Å². The van der Waals surface area contributed by atoms with Crippen LogP contribution in [0.25, 0.3) is 0 Å². The van der Waals surface area contributed by atoms with E-state index in [1.807, 2.05) is 30.3 Å². The molecule has 3 aromatic rings. The molecular formula is C21H24N4OS2. The SMILES string of the molecule is CC(C)N(Cc1ccccc1)Sc1ccc(NC(=O)NCc2cncs2)cc1. The van der Waals surface area contributed by atoms with Crippen LogP contribution in [0.5, 0.6) is 0 Å². The molecule has 2 N–H and O–H groups in total. The van der Waals surface area contributed by atoms with Crippen LogP contribution in [0.15, 0.2) is 71.2 Å². The number of nitrogens with zero attached hydrogens (tertiary/aromatic N) is 2. The summed E-state index contributed by atoms with van der Waals surface area (Å²) in [5.74, 6) is 0. The van der Waals surface area contributed by atoms with E-state index in [4.69, 9.17) is 0 Å². The molecule has 7 heteroatoms. The number of nitrogens with one attached hydrogen (secondary N) is 2. The van der Waals surface area contributed by atoms with Crippen molar-refractivity contribution in [2.45, 2.75) is 37.9 Å². The molecule has 0 unspecified atom stereocenters. The molecular weight excluding hydrogens is 388 g/mol. The molecule has 0 spiro atoms. The maximum atomic E-state index is 12.0. The molecule has 2 amide bonds. The first-order chi connectivity index (χ1) is 13.6. The summed E-state index contributed by atoms with van der Waals surface area (Å²) in [6.45, 7) is 5.75. The minimum absolute atomic E-state index is 0.221. The highest BCUT2D eigenvalue weighted by atomic mass is 32.2. The number of urea groups is 1. The van der Waals surface area contributed by atoms with E-state index in [9.17, 15) is 4.79 Å². The van der Waals surface area contributed by atoms with Crippen molar-refractivity contribution in [1.82, 2.24) is 14.6 Å². The third kappa shape index (κ3) is 6.37. The van der Waals surface area contributed by atoms with Gasteiger partial charge in [0.1, 0.15) is 0 Å². The van der Waals surface area contributed by atoms with Crippen molar-refractivity contribution in [3.63, 3.8) is 0 Å². The van der Waals surface area contributed by atoms with Gasteiger partial charge in [-0.3, -0.25) is 4.98 Å². The fraction of sp³-hybridized carbons (Fsp3) is 0.238. The molecule has 0 fully saturated rings. The molecule has 0 radical (unpaired) electrons. The van der Waals surface area contributed by atoms with Gasteiger partial charge in [0.05, 0.1) is 12.1 Å². The Bertz CT molecular complexity index is 852. The Morgan fingerprint density at radius 1 is 1.14 bits per heavy atom. The second-order valence-electron chi connectivity index (χ2n) is 6.55. The number of thiazole rings is 1. The van der Waals surface area contributed by atoms with Crippen molar-refractivity contribution in [3.8, 4) is 0 Å². The van der Waals surface area contributed by atoms with Crippen molar-refractivity contribution in [1.29, 1.82) is 0 Å². The van der Waals surface area contributed by atoms with E-state index in [-0.39, 0.29) is 6.03 Å². The standard InChI is InChI=1S/C21H24N4OS2/c1-16(2)25(14-17-6-4-3-5-7-17)28-19-10-8-18(9-11-19)24-21(26)23-13-20-12-22-15-27-20/h3-12,15-16H,13-14H2,1-2H3,(H2,23,24,26). The normalized spacial score (nSPS) is 11.0. The largest absolute Gasteiger partial charge is 0.333 e. The lowest BCUT2D eigenvalue weighted by Crippen LogP contribution is -2.27. The van der Waals surface area contributed by atoms with Gasteiger partial charge in [0, 0.05) is 34.2 Å².